The lowest BCUT2D eigenvalue weighted by Crippen LogP contribution is -2.31. The Bertz CT molecular complexity index is 127. The van der Waals surface area contributed by atoms with Gasteiger partial charge in [-0.15, -0.1) is 0 Å². The molecule has 0 bridgehead atoms. The van der Waals surface area contributed by atoms with Crippen molar-refractivity contribution < 1.29 is 5.11 Å². The summed E-state index contributed by atoms with van der Waals surface area (Å²) in [5, 5.41) is 9.03. The number of rotatable bonds is 3. The average Bonchev–Trinajstić information content (AvgIpc) is 2.16. The summed E-state index contributed by atoms with van der Waals surface area (Å²) >= 11 is 0. The van der Waals surface area contributed by atoms with Gasteiger partial charge < -0.3 is 10.8 Å². The molecule has 3 N–H and O–H groups in total. The van der Waals surface area contributed by atoms with Crippen molar-refractivity contribution in [2.24, 2.45) is 23.5 Å². The van der Waals surface area contributed by atoms with E-state index < -0.39 is 0 Å². The zero-order chi connectivity index (χ0) is 8.97. The van der Waals surface area contributed by atoms with E-state index in [1.165, 1.54) is 25.7 Å². The zero-order valence-corrected chi connectivity index (χ0v) is 8.00. The highest BCUT2D eigenvalue weighted by Gasteiger charge is 2.27. The smallest absolute Gasteiger partial charge is 0.0459 e. The number of aliphatic hydroxyl groups excluding tert-OH is 1. The molecule has 0 heterocycles. The highest BCUT2D eigenvalue weighted by atomic mass is 16.3. The minimum Gasteiger partial charge on any atom is -0.396 e. The molecule has 0 radical (unpaired) electrons. The number of hydrogen-bond donors (Lipinski definition) is 2. The second-order valence-electron chi connectivity index (χ2n) is 4.03. The van der Waals surface area contributed by atoms with Crippen LogP contribution >= 0.6 is 0 Å². The Morgan fingerprint density at radius 1 is 1.33 bits per heavy atom. The molecule has 0 saturated heterocycles. The molecule has 0 spiro atoms. The summed E-state index contributed by atoms with van der Waals surface area (Å²) in [5.74, 6) is 2.04. The molecule has 0 aliphatic heterocycles. The second kappa shape index (κ2) is 4.83. The van der Waals surface area contributed by atoms with Crippen LogP contribution < -0.4 is 5.73 Å². The van der Waals surface area contributed by atoms with Crippen molar-refractivity contribution in [3.05, 3.63) is 0 Å². The van der Waals surface area contributed by atoms with Gasteiger partial charge in [-0.05, 0) is 43.6 Å². The molecule has 1 aliphatic carbocycles. The fourth-order valence-electron chi connectivity index (χ4n) is 2.40. The Kier molecular flexibility index (Phi) is 4.02. The lowest BCUT2D eigenvalue weighted by Gasteiger charge is -2.34. The quantitative estimate of drug-likeness (QED) is 0.674. The van der Waals surface area contributed by atoms with Crippen molar-refractivity contribution >= 4 is 0 Å². The Hall–Kier alpha value is -0.0800. The predicted molar refractivity (Wildman–Crippen MR) is 50.8 cm³/mol. The topological polar surface area (TPSA) is 46.2 Å². The van der Waals surface area contributed by atoms with Crippen LogP contribution in [0.1, 0.15) is 32.6 Å². The molecule has 3 atom stereocenters. The third kappa shape index (κ3) is 2.20. The first-order valence-corrected chi connectivity index (χ1v) is 5.12. The molecule has 1 rings (SSSR count). The molecule has 2 heteroatoms. The monoisotopic (exact) mass is 171 g/mol. The van der Waals surface area contributed by atoms with Gasteiger partial charge in [0.25, 0.3) is 0 Å². The Labute approximate surface area is 75.2 Å². The van der Waals surface area contributed by atoms with Crippen LogP contribution in [-0.4, -0.2) is 18.3 Å². The van der Waals surface area contributed by atoms with E-state index >= 15 is 0 Å². The first-order chi connectivity index (χ1) is 5.81. The van der Waals surface area contributed by atoms with Gasteiger partial charge in [-0.1, -0.05) is 13.3 Å². The SMILES string of the molecule is CCC1CC(CO)CCC1CN. The fourth-order valence-corrected chi connectivity index (χ4v) is 2.40. The molecular formula is C10H21NO. The summed E-state index contributed by atoms with van der Waals surface area (Å²) in [6.07, 6.45) is 4.81. The van der Waals surface area contributed by atoms with Gasteiger partial charge in [0.2, 0.25) is 0 Å². The minimum atomic E-state index is 0.369. The lowest BCUT2D eigenvalue weighted by molar-refractivity contribution is 0.121. The second-order valence-corrected chi connectivity index (χ2v) is 4.03. The van der Waals surface area contributed by atoms with Crippen LogP contribution in [0.3, 0.4) is 0 Å². The standard InChI is InChI=1S/C10H21NO/c1-2-9-5-8(7-12)3-4-10(9)6-11/h8-10,12H,2-7,11H2,1H3. The van der Waals surface area contributed by atoms with Crippen LogP contribution in [0.25, 0.3) is 0 Å². The van der Waals surface area contributed by atoms with E-state index in [1.54, 1.807) is 0 Å². The van der Waals surface area contributed by atoms with Gasteiger partial charge in [0, 0.05) is 6.61 Å². The van der Waals surface area contributed by atoms with Gasteiger partial charge in [-0.25, -0.2) is 0 Å². The Morgan fingerprint density at radius 3 is 2.58 bits per heavy atom. The highest BCUT2D eigenvalue weighted by Crippen LogP contribution is 2.34. The summed E-state index contributed by atoms with van der Waals surface area (Å²) in [6, 6.07) is 0. The van der Waals surface area contributed by atoms with Gasteiger partial charge in [0.15, 0.2) is 0 Å². The van der Waals surface area contributed by atoms with E-state index in [0.29, 0.717) is 12.5 Å². The molecule has 2 nitrogen and oxygen atoms in total. The molecule has 3 unspecified atom stereocenters. The fraction of sp³-hybridized carbons (Fsp3) is 1.00. The first kappa shape index (κ1) is 10.0. The molecule has 0 aromatic carbocycles. The molecule has 0 amide bonds. The normalized spacial score (nSPS) is 36.8. The number of hydrogen-bond acceptors (Lipinski definition) is 2. The van der Waals surface area contributed by atoms with E-state index in [1.807, 2.05) is 0 Å². The van der Waals surface area contributed by atoms with Gasteiger partial charge >= 0.3 is 0 Å². The first-order valence-electron chi connectivity index (χ1n) is 5.12. The third-order valence-corrected chi connectivity index (χ3v) is 3.33. The van der Waals surface area contributed by atoms with Crippen molar-refractivity contribution in [1.29, 1.82) is 0 Å². The predicted octanol–water partition coefficient (Wildman–Crippen LogP) is 1.38. The largest absolute Gasteiger partial charge is 0.396 e. The Morgan fingerprint density at radius 2 is 2.08 bits per heavy atom. The summed E-state index contributed by atoms with van der Waals surface area (Å²) in [5.41, 5.74) is 5.69. The minimum absolute atomic E-state index is 0.369. The van der Waals surface area contributed by atoms with Crippen LogP contribution in [0.5, 0.6) is 0 Å². The molecule has 1 saturated carbocycles. The van der Waals surface area contributed by atoms with E-state index in [2.05, 4.69) is 6.92 Å². The van der Waals surface area contributed by atoms with Gasteiger partial charge in [-0.2, -0.15) is 0 Å². The average molecular weight is 171 g/mol. The maximum atomic E-state index is 9.03. The lowest BCUT2D eigenvalue weighted by atomic mass is 9.73. The summed E-state index contributed by atoms with van der Waals surface area (Å²) in [7, 11) is 0. The van der Waals surface area contributed by atoms with Crippen molar-refractivity contribution in [3.63, 3.8) is 0 Å². The van der Waals surface area contributed by atoms with Crippen LogP contribution in [0.15, 0.2) is 0 Å². The number of aliphatic hydroxyl groups is 1. The molecule has 72 valence electrons. The van der Waals surface area contributed by atoms with Crippen LogP contribution in [0, 0.1) is 17.8 Å². The van der Waals surface area contributed by atoms with Crippen LogP contribution in [-0.2, 0) is 0 Å². The van der Waals surface area contributed by atoms with Gasteiger partial charge in [0.1, 0.15) is 0 Å². The molecular weight excluding hydrogens is 150 g/mol. The van der Waals surface area contributed by atoms with Crippen LogP contribution in [0.2, 0.25) is 0 Å². The van der Waals surface area contributed by atoms with Crippen molar-refractivity contribution in [2.45, 2.75) is 32.6 Å². The highest BCUT2D eigenvalue weighted by molar-refractivity contribution is 4.79. The van der Waals surface area contributed by atoms with E-state index in [9.17, 15) is 0 Å². The van der Waals surface area contributed by atoms with Crippen molar-refractivity contribution in [2.75, 3.05) is 13.2 Å². The molecule has 0 aromatic heterocycles. The zero-order valence-electron chi connectivity index (χ0n) is 8.00. The molecule has 1 aliphatic rings. The summed E-state index contributed by atoms with van der Waals surface area (Å²) < 4.78 is 0. The summed E-state index contributed by atoms with van der Waals surface area (Å²) in [4.78, 5) is 0. The summed E-state index contributed by atoms with van der Waals surface area (Å²) in [6.45, 7) is 3.43. The van der Waals surface area contributed by atoms with Gasteiger partial charge in [0.05, 0.1) is 0 Å². The van der Waals surface area contributed by atoms with E-state index in [4.69, 9.17) is 10.8 Å². The number of nitrogens with two attached hydrogens (primary N) is 1. The third-order valence-electron chi connectivity index (χ3n) is 3.33. The maximum Gasteiger partial charge on any atom is 0.0459 e. The Balaban J connectivity index is 2.41. The van der Waals surface area contributed by atoms with E-state index in [0.717, 1.165) is 18.4 Å². The van der Waals surface area contributed by atoms with Gasteiger partial charge in [-0.3, -0.25) is 0 Å². The molecule has 12 heavy (non-hydrogen) atoms. The van der Waals surface area contributed by atoms with E-state index in [-0.39, 0.29) is 0 Å². The molecule has 0 aromatic rings. The van der Waals surface area contributed by atoms with Crippen molar-refractivity contribution in [3.8, 4) is 0 Å². The van der Waals surface area contributed by atoms with Crippen molar-refractivity contribution in [1.82, 2.24) is 0 Å². The van der Waals surface area contributed by atoms with Crippen LogP contribution in [0.4, 0.5) is 0 Å². The molecule has 1 fully saturated rings. The maximum absolute atomic E-state index is 9.03.